The first-order valence-corrected chi connectivity index (χ1v) is 3.42. The molecule has 10 heavy (non-hydrogen) atoms. The standard InChI is InChI=1S/C8H16N2/c1-5-7(10-9)6-8(2,3)4/h1,7,10H,6,9H2,2-4H3. The van der Waals surface area contributed by atoms with E-state index in [9.17, 15) is 0 Å². The van der Waals surface area contributed by atoms with Gasteiger partial charge in [-0.15, -0.1) is 6.42 Å². The zero-order chi connectivity index (χ0) is 8.20. The molecule has 0 aromatic heterocycles. The van der Waals surface area contributed by atoms with Crippen molar-refractivity contribution in [1.29, 1.82) is 0 Å². The minimum Gasteiger partial charge on any atom is -0.270 e. The summed E-state index contributed by atoms with van der Waals surface area (Å²) in [6, 6.07) is 0. The molecule has 0 fully saturated rings. The number of nitrogens with two attached hydrogens (primary N) is 1. The molecule has 0 aliphatic heterocycles. The fourth-order valence-corrected chi connectivity index (χ4v) is 0.778. The van der Waals surface area contributed by atoms with Crippen molar-refractivity contribution in [3.05, 3.63) is 0 Å². The summed E-state index contributed by atoms with van der Waals surface area (Å²) in [5.74, 6) is 7.77. The molecule has 2 nitrogen and oxygen atoms in total. The first-order chi connectivity index (χ1) is 4.49. The smallest absolute Gasteiger partial charge is 0.0819 e. The summed E-state index contributed by atoms with van der Waals surface area (Å²) >= 11 is 0. The SMILES string of the molecule is C#CC(CC(C)(C)C)NN. The van der Waals surface area contributed by atoms with Crippen LogP contribution < -0.4 is 11.3 Å². The van der Waals surface area contributed by atoms with Crippen molar-refractivity contribution in [2.24, 2.45) is 11.3 Å². The van der Waals surface area contributed by atoms with Gasteiger partial charge in [-0.25, -0.2) is 5.43 Å². The van der Waals surface area contributed by atoms with Crippen molar-refractivity contribution >= 4 is 0 Å². The number of hydrogen-bond acceptors (Lipinski definition) is 2. The molecule has 0 rings (SSSR count). The van der Waals surface area contributed by atoms with E-state index in [1.165, 1.54) is 0 Å². The van der Waals surface area contributed by atoms with Gasteiger partial charge in [-0.05, 0) is 11.8 Å². The molecule has 0 radical (unpaired) electrons. The summed E-state index contributed by atoms with van der Waals surface area (Å²) in [6.45, 7) is 6.40. The van der Waals surface area contributed by atoms with E-state index in [-0.39, 0.29) is 11.5 Å². The van der Waals surface area contributed by atoms with Crippen LogP contribution in [-0.2, 0) is 0 Å². The summed E-state index contributed by atoms with van der Waals surface area (Å²) in [4.78, 5) is 0. The molecule has 0 saturated carbocycles. The van der Waals surface area contributed by atoms with E-state index in [4.69, 9.17) is 12.3 Å². The van der Waals surface area contributed by atoms with Gasteiger partial charge in [-0.3, -0.25) is 5.84 Å². The molecule has 0 aliphatic carbocycles. The van der Waals surface area contributed by atoms with Gasteiger partial charge in [-0.1, -0.05) is 26.7 Å². The lowest BCUT2D eigenvalue weighted by Gasteiger charge is -2.21. The number of rotatable bonds is 2. The summed E-state index contributed by atoms with van der Waals surface area (Å²) < 4.78 is 0. The van der Waals surface area contributed by atoms with E-state index < -0.39 is 0 Å². The second kappa shape index (κ2) is 3.60. The maximum atomic E-state index is 5.20. The fourth-order valence-electron chi connectivity index (χ4n) is 0.778. The molecule has 2 heteroatoms. The molecule has 0 aromatic rings. The Morgan fingerprint density at radius 2 is 2.10 bits per heavy atom. The van der Waals surface area contributed by atoms with Crippen LogP contribution in [0, 0.1) is 17.8 Å². The molecule has 1 unspecified atom stereocenters. The molecule has 0 amide bonds. The van der Waals surface area contributed by atoms with Gasteiger partial charge in [0.15, 0.2) is 0 Å². The van der Waals surface area contributed by atoms with Gasteiger partial charge >= 0.3 is 0 Å². The lowest BCUT2D eigenvalue weighted by atomic mass is 9.88. The summed E-state index contributed by atoms with van der Waals surface area (Å²) in [5, 5.41) is 0. The Morgan fingerprint density at radius 3 is 2.20 bits per heavy atom. The van der Waals surface area contributed by atoms with Gasteiger partial charge in [0.2, 0.25) is 0 Å². The van der Waals surface area contributed by atoms with Gasteiger partial charge in [-0.2, -0.15) is 0 Å². The van der Waals surface area contributed by atoms with Crippen molar-refractivity contribution in [3.8, 4) is 12.3 Å². The normalized spacial score (nSPS) is 14.3. The van der Waals surface area contributed by atoms with E-state index in [2.05, 4.69) is 32.1 Å². The highest BCUT2D eigenvalue weighted by Crippen LogP contribution is 2.19. The Balaban J connectivity index is 3.78. The van der Waals surface area contributed by atoms with E-state index in [0.717, 1.165) is 6.42 Å². The maximum Gasteiger partial charge on any atom is 0.0819 e. The average molecular weight is 140 g/mol. The van der Waals surface area contributed by atoms with Crippen molar-refractivity contribution in [3.63, 3.8) is 0 Å². The van der Waals surface area contributed by atoms with Crippen LogP contribution in [0.1, 0.15) is 27.2 Å². The van der Waals surface area contributed by atoms with E-state index >= 15 is 0 Å². The minimum atomic E-state index is 0. The molecule has 58 valence electrons. The highest BCUT2D eigenvalue weighted by molar-refractivity contribution is 4.99. The Hall–Kier alpha value is -0.520. The van der Waals surface area contributed by atoms with Crippen molar-refractivity contribution in [1.82, 2.24) is 5.43 Å². The first kappa shape index (κ1) is 9.48. The third-order valence-corrected chi connectivity index (χ3v) is 1.22. The number of hydrazine groups is 1. The maximum absolute atomic E-state index is 5.20. The molecular formula is C8H16N2. The van der Waals surface area contributed by atoms with Gasteiger partial charge in [0.05, 0.1) is 6.04 Å². The highest BCUT2D eigenvalue weighted by atomic mass is 15.2. The van der Waals surface area contributed by atoms with Gasteiger partial charge in [0.1, 0.15) is 0 Å². The second-order valence-electron chi connectivity index (χ2n) is 3.65. The van der Waals surface area contributed by atoms with E-state index in [0.29, 0.717) is 0 Å². The first-order valence-electron chi connectivity index (χ1n) is 3.42. The molecule has 0 bridgehead atoms. The molecule has 0 aliphatic rings. The lowest BCUT2D eigenvalue weighted by Crippen LogP contribution is -2.36. The van der Waals surface area contributed by atoms with Crippen LogP contribution in [0.3, 0.4) is 0 Å². The molecule has 0 spiro atoms. The number of hydrogen-bond donors (Lipinski definition) is 2. The summed E-state index contributed by atoms with van der Waals surface area (Å²) in [7, 11) is 0. The largest absolute Gasteiger partial charge is 0.270 e. The molecule has 0 heterocycles. The van der Waals surface area contributed by atoms with Crippen LogP contribution in [0.25, 0.3) is 0 Å². The Kier molecular flexibility index (Phi) is 3.41. The van der Waals surface area contributed by atoms with Gasteiger partial charge in [0.25, 0.3) is 0 Å². The zero-order valence-corrected chi connectivity index (χ0v) is 6.94. The topological polar surface area (TPSA) is 38.0 Å². The monoisotopic (exact) mass is 140 g/mol. The molecular weight excluding hydrogens is 124 g/mol. The van der Waals surface area contributed by atoms with Crippen LogP contribution >= 0.6 is 0 Å². The van der Waals surface area contributed by atoms with Crippen molar-refractivity contribution < 1.29 is 0 Å². The molecule has 3 N–H and O–H groups in total. The van der Waals surface area contributed by atoms with Crippen LogP contribution in [0.2, 0.25) is 0 Å². The fraction of sp³-hybridized carbons (Fsp3) is 0.750. The number of terminal acetylenes is 1. The highest BCUT2D eigenvalue weighted by Gasteiger charge is 2.15. The zero-order valence-electron chi connectivity index (χ0n) is 6.94. The summed E-state index contributed by atoms with van der Waals surface area (Å²) in [5.41, 5.74) is 2.81. The van der Waals surface area contributed by atoms with Crippen molar-refractivity contribution in [2.75, 3.05) is 0 Å². The van der Waals surface area contributed by atoms with Crippen LogP contribution in [0.5, 0.6) is 0 Å². The third-order valence-electron chi connectivity index (χ3n) is 1.22. The third kappa shape index (κ3) is 4.37. The van der Waals surface area contributed by atoms with Gasteiger partial charge in [0, 0.05) is 0 Å². The molecule has 0 saturated heterocycles. The Bertz CT molecular complexity index is 127. The van der Waals surface area contributed by atoms with Gasteiger partial charge < -0.3 is 0 Å². The average Bonchev–Trinajstić information content (AvgIpc) is 1.81. The lowest BCUT2D eigenvalue weighted by molar-refractivity contribution is 0.341. The second-order valence-corrected chi connectivity index (χ2v) is 3.65. The summed E-state index contributed by atoms with van der Waals surface area (Å²) in [6.07, 6.45) is 6.10. The van der Waals surface area contributed by atoms with E-state index in [1.807, 2.05) is 0 Å². The Labute approximate surface area is 63.2 Å². The van der Waals surface area contributed by atoms with Crippen LogP contribution in [0.15, 0.2) is 0 Å². The molecule has 1 atom stereocenters. The van der Waals surface area contributed by atoms with E-state index in [1.54, 1.807) is 0 Å². The predicted molar refractivity (Wildman–Crippen MR) is 44.0 cm³/mol. The van der Waals surface area contributed by atoms with Crippen LogP contribution in [0.4, 0.5) is 0 Å². The number of nitrogens with one attached hydrogen (secondary N) is 1. The molecule has 0 aromatic carbocycles. The predicted octanol–water partition coefficient (Wildman–Crippen LogP) is 0.888. The quantitative estimate of drug-likeness (QED) is 0.339. The van der Waals surface area contributed by atoms with Crippen molar-refractivity contribution in [2.45, 2.75) is 33.2 Å². The minimum absolute atomic E-state index is 0. The van der Waals surface area contributed by atoms with Crippen LogP contribution in [-0.4, -0.2) is 6.04 Å². The Morgan fingerprint density at radius 1 is 1.60 bits per heavy atom.